The molecule has 0 unspecified atom stereocenters. The number of aliphatic hydroxyl groups excluding tert-OH is 1. The van der Waals surface area contributed by atoms with Crippen LogP contribution in [-0.4, -0.2) is 47.7 Å². The van der Waals surface area contributed by atoms with Crippen molar-refractivity contribution in [2.45, 2.75) is 83.0 Å². The number of methoxy groups -OCH3 is 1. The van der Waals surface area contributed by atoms with E-state index in [9.17, 15) is 15.0 Å². The summed E-state index contributed by atoms with van der Waals surface area (Å²) in [4.78, 5) is 11.7. The molecule has 0 aromatic carbocycles. The summed E-state index contributed by atoms with van der Waals surface area (Å²) in [6.45, 7) is 4.80. The van der Waals surface area contributed by atoms with Gasteiger partial charge in [-0.2, -0.15) is 0 Å². The Balaban J connectivity index is 1.49. The molecule has 5 nitrogen and oxygen atoms in total. The lowest BCUT2D eigenvalue weighted by Crippen LogP contribution is -2.67. The summed E-state index contributed by atoms with van der Waals surface area (Å²) in [5.74, 6) is 0.916. The van der Waals surface area contributed by atoms with Gasteiger partial charge in [-0.1, -0.05) is 13.8 Å². The van der Waals surface area contributed by atoms with Gasteiger partial charge in [0.05, 0.1) is 17.8 Å². The van der Waals surface area contributed by atoms with Gasteiger partial charge < -0.3 is 19.7 Å². The molecule has 0 aromatic rings. The molecule has 5 aliphatic rings. The maximum atomic E-state index is 12.2. The number of fused-ring (bicyclic) bond motifs is 5. The molecule has 1 heterocycles. The van der Waals surface area contributed by atoms with Crippen LogP contribution < -0.4 is 0 Å². The van der Waals surface area contributed by atoms with E-state index in [1.165, 1.54) is 0 Å². The van der Waals surface area contributed by atoms with Crippen molar-refractivity contribution in [3.8, 4) is 0 Å². The van der Waals surface area contributed by atoms with Crippen molar-refractivity contribution in [2.24, 2.45) is 34.5 Å². The number of rotatable bonds is 2. The normalized spacial score (nSPS) is 54.2. The van der Waals surface area contributed by atoms with Gasteiger partial charge in [0.1, 0.15) is 6.61 Å². The summed E-state index contributed by atoms with van der Waals surface area (Å²) >= 11 is 0. The Morgan fingerprint density at radius 3 is 2.59 bits per heavy atom. The van der Waals surface area contributed by atoms with Gasteiger partial charge in [-0.3, -0.25) is 0 Å². The quantitative estimate of drug-likeness (QED) is 0.691. The molecule has 0 saturated heterocycles. The van der Waals surface area contributed by atoms with E-state index >= 15 is 0 Å². The highest BCUT2D eigenvalue weighted by Crippen LogP contribution is 2.69. The average Bonchev–Trinajstić information content (AvgIpc) is 3.24. The Kier molecular flexibility index (Phi) is 4.52. The van der Waals surface area contributed by atoms with Crippen LogP contribution in [0.1, 0.15) is 65.2 Å². The fraction of sp³-hybridized carbons (Fsp3) is 0.875. The van der Waals surface area contributed by atoms with Crippen molar-refractivity contribution < 1.29 is 24.5 Å². The molecule has 0 aromatic heterocycles. The van der Waals surface area contributed by atoms with E-state index < -0.39 is 17.1 Å². The molecule has 4 saturated carbocycles. The van der Waals surface area contributed by atoms with Crippen LogP contribution in [0.4, 0.5) is 0 Å². The van der Waals surface area contributed by atoms with E-state index in [-0.39, 0.29) is 23.2 Å². The van der Waals surface area contributed by atoms with Crippen LogP contribution in [0, 0.1) is 34.5 Å². The molecule has 0 bridgehead atoms. The molecule has 4 fully saturated rings. The summed E-state index contributed by atoms with van der Waals surface area (Å²) in [5.41, 5.74) is -0.356. The van der Waals surface area contributed by atoms with E-state index in [1.54, 1.807) is 6.08 Å². The Morgan fingerprint density at radius 2 is 1.90 bits per heavy atom. The zero-order valence-electron chi connectivity index (χ0n) is 18.0. The first-order valence-corrected chi connectivity index (χ1v) is 11.5. The van der Waals surface area contributed by atoms with E-state index in [2.05, 4.69) is 13.8 Å². The highest BCUT2D eigenvalue weighted by atomic mass is 16.5. The minimum absolute atomic E-state index is 0.0182. The maximum absolute atomic E-state index is 12.2. The van der Waals surface area contributed by atoms with Crippen LogP contribution in [-0.2, 0) is 14.3 Å². The topological polar surface area (TPSA) is 76.0 Å². The number of hydrogen-bond acceptors (Lipinski definition) is 5. The van der Waals surface area contributed by atoms with Crippen LogP contribution in [0.5, 0.6) is 0 Å². The van der Waals surface area contributed by atoms with E-state index in [0.29, 0.717) is 31.0 Å². The van der Waals surface area contributed by atoms with Gasteiger partial charge in [0, 0.05) is 18.6 Å². The zero-order valence-corrected chi connectivity index (χ0v) is 18.0. The Bertz CT molecular complexity index is 733. The van der Waals surface area contributed by atoms with Gasteiger partial charge in [0.25, 0.3) is 0 Å². The standard InChI is InChI=1S/C24H36O5/c1-22-8-6-16(28-3)11-15(22)4-5-18-19(22)12-20(25)23(2)17(7-9-24(18,23)27)14-10-21(26)29-13-14/h10,15-20,25,27H,4-9,11-13H2,1-3H3/t15-,16+,17-,18-,19+,20-,22+,23+,24+/m1/s1. The molecule has 4 aliphatic carbocycles. The van der Waals surface area contributed by atoms with Crippen molar-refractivity contribution in [3.05, 3.63) is 11.6 Å². The van der Waals surface area contributed by atoms with Crippen LogP contribution in [0.25, 0.3) is 0 Å². The molecule has 5 rings (SSSR count). The third kappa shape index (κ3) is 2.53. The summed E-state index contributed by atoms with van der Waals surface area (Å²) < 4.78 is 10.9. The molecule has 5 heteroatoms. The van der Waals surface area contributed by atoms with Crippen LogP contribution in [0.15, 0.2) is 11.6 Å². The van der Waals surface area contributed by atoms with Gasteiger partial charge in [-0.25, -0.2) is 4.79 Å². The number of aliphatic hydroxyl groups is 2. The van der Waals surface area contributed by atoms with Crippen LogP contribution in [0.2, 0.25) is 0 Å². The molecular formula is C24H36O5. The SMILES string of the molecule is CO[C@H]1CC[C@@]2(C)[C@H](CC[C@@H]3[C@@H]2C[C@@H](O)[C@]2(C)[C@@H](C4=CC(=O)OC4)CC[C@]32O)C1. The number of carbonyl (C=O) groups excluding carboxylic acids is 1. The molecule has 9 atom stereocenters. The zero-order chi connectivity index (χ0) is 20.6. The first-order chi connectivity index (χ1) is 13.7. The van der Waals surface area contributed by atoms with E-state index in [0.717, 1.165) is 50.5 Å². The minimum atomic E-state index is -0.876. The third-order valence-corrected chi connectivity index (χ3v) is 10.4. The lowest BCUT2D eigenvalue weighted by Gasteiger charge is -2.65. The number of hydrogen-bond donors (Lipinski definition) is 2. The molecular weight excluding hydrogens is 368 g/mol. The highest BCUT2D eigenvalue weighted by Gasteiger charge is 2.70. The predicted molar refractivity (Wildman–Crippen MR) is 108 cm³/mol. The maximum Gasteiger partial charge on any atom is 0.331 e. The molecule has 29 heavy (non-hydrogen) atoms. The second-order valence-corrected chi connectivity index (χ2v) is 11.0. The van der Waals surface area contributed by atoms with Crippen molar-refractivity contribution in [1.82, 2.24) is 0 Å². The molecule has 1 aliphatic heterocycles. The Morgan fingerprint density at radius 1 is 1.10 bits per heavy atom. The van der Waals surface area contributed by atoms with Crippen LogP contribution >= 0.6 is 0 Å². The molecule has 162 valence electrons. The summed E-state index contributed by atoms with van der Waals surface area (Å²) in [6, 6.07) is 0. The first kappa shape index (κ1) is 20.0. The monoisotopic (exact) mass is 404 g/mol. The summed E-state index contributed by atoms with van der Waals surface area (Å²) in [6.07, 6.45) is 9.15. The van der Waals surface area contributed by atoms with E-state index in [4.69, 9.17) is 9.47 Å². The fourth-order valence-corrected chi connectivity index (χ4v) is 8.56. The number of esters is 1. The van der Waals surface area contributed by atoms with Gasteiger partial charge in [0.2, 0.25) is 0 Å². The van der Waals surface area contributed by atoms with Gasteiger partial charge in [0.15, 0.2) is 0 Å². The van der Waals surface area contributed by atoms with Crippen molar-refractivity contribution in [3.63, 3.8) is 0 Å². The van der Waals surface area contributed by atoms with Gasteiger partial charge in [-0.15, -0.1) is 0 Å². The number of carbonyl (C=O) groups is 1. The van der Waals surface area contributed by atoms with Gasteiger partial charge in [-0.05, 0) is 86.0 Å². The molecule has 0 radical (unpaired) electrons. The summed E-state index contributed by atoms with van der Waals surface area (Å²) in [7, 11) is 1.82. The fourth-order valence-electron chi connectivity index (χ4n) is 8.56. The van der Waals surface area contributed by atoms with E-state index in [1.807, 2.05) is 7.11 Å². The van der Waals surface area contributed by atoms with Crippen molar-refractivity contribution in [1.29, 1.82) is 0 Å². The van der Waals surface area contributed by atoms with Gasteiger partial charge >= 0.3 is 5.97 Å². The molecule has 0 amide bonds. The first-order valence-electron chi connectivity index (χ1n) is 11.5. The Hall–Kier alpha value is -0.910. The Labute approximate surface area is 173 Å². The van der Waals surface area contributed by atoms with Crippen molar-refractivity contribution >= 4 is 5.97 Å². The smallest absolute Gasteiger partial charge is 0.331 e. The number of cyclic esters (lactones) is 1. The van der Waals surface area contributed by atoms with Crippen LogP contribution in [0.3, 0.4) is 0 Å². The highest BCUT2D eigenvalue weighted by molar-refractivity contribution is 5.85. The predicted octanol–water partition coefficient (Wildman–Crippen LogP) is 3.23. The minimum Gasteiger partial charge on any atom is -0.458 e. The lowest BCUT2D eigenvalue weighted by atomic mass is 9.42. The number of ether oxygens (including phenoxy) is 2. The third-order valence-electron chi connectivity index (χ3n) is 10.4. The van der Waals surface area contributed by atoms with Crippen molar-refractivity contribution in [2.75, 3.05) is 13.7 Å². The second kappa shape index (κ2) is 6.54. The molecule has 2 N–H and O–H groups in total. The largest absolute Gasteiger partial charge is 0.458 e. The molecule has 0 spiro atoms. The average molecular weight is 405 g/mol. The second-order valence-electron chi connectivity index (χ2n) is 11.0. The summed E-state index contributed by atoms with van der Waals surface area (Å²) in [5, 5.41) is 23.7. The lowest BCUT2D eigenvalue weighted by molar-refractivity contribution is -0.245.